The number of hydrogen-bond donors (Lipinski definition) is 1. The van der Waals surface area contributed by atoms with Crippen molar-refractivity contribution in [1.82, 2.24) is 20.1 Å². The molecule has 3 aromatic rings. The average molecular weight is 531 g/mol. The highest BCUT2D eigenvalue weighted by Crippen LogP contribution is 2.48. The van der Waals surface area contributed by atoms with E-state index < -0.39 is 0 Å². The number of piperidine rings is 1. The maximum Gasteiger partial charge on any atom is 0.254 e. The second-order valence-corrected chi connectivity index (χ2v) is 10.8. The molecule has 2 aromatic heterocycles. The van der Waals surface area contributed by atoms with Crippen LogP contribution >= 0.6 is 11.6 Å². The summed E-state index contributed by atoms with van der Waals surface area (Å²) in [7, 11) is 1.57. The Kier molecular flexibility index (Phi) is 6.07. The predicted octanol–water partition coefficient (Wildman–Crippen LogP) is 4.08. The number of halogens is 1. The number of nitrogens with one attached hydrogen (secondary N) is 1. The number of nitrogens with zero attached hydrogens (tertiary/aromatic N) is 5. The summed E-state index contributed by atoms with van der Waals surface area (Å²) < 4.78 is 7.29. The van der Waals surface area contributed by atoms with Crippen LogP contribution in [0.1, 0.15) is 65.2 Å². The van der Waals surface area contributed by atoms with Crippen molar-refractivity contribution in [2.45, 2.75) is 44.2 Å². The van der Waals surface area contributed by atoms with Crippen molar-refractivity contribution in [1.29, 1.82) is 5.26 Å². The van der Waals surface area contributed by atoms with Gasteiger partial charge in [-0.2, -0.15) is 10.4 Å². The summed E-state index contributed by atoms with van der Waals surface area (Å²) in [5, 5.41) is 17.5. The molecule has 6 rings (SSSR count). The van der Waals surface area contributed by atoms with E-state index in [1.54, 1.807) is 47.4 Å². The number of hydrogen-bond acceptors (Lipinski definition) is 6. The number of ether oxygens (including phenoxy) is 1. The van der Waals surface area contributed by atoms with Crippen LogP contribution in [0.25, 0.3) is 0 Å². The van der Waals surface area contributed by atoms with Crippen LogP contribution in [0.2, 0.25) is 5.02 Å². The molecule has 3 aliphatic rings. The molecule has 2 saturated carbocycles. The Morgan fingerprint density at radius 3 is 2.79 bits per heavy atom. The van der Waals surface area contributed by atoms with Crippen LogP contribution in [0, 0.1) is 23.2 Å². The van der Waals surface area contributed by atoms with E-state index in [-0.39, 0.29) is 35.7 Å². The largest absolute Gasteiger partial charge is 0.493 e. The molecular formula is C28H27ClN6O3. The van der Waals surface area contributed by atoms with Gasteiger partial charge in [-0.1, -0.05) is 11.6 Å². The molecule has 38 heavy (non-hydrogen) atoms. The summed E-state index contributed by atoms with van der Waals surface area (Å²) in [6.07, 6.45) is 7.50. The van der Waals surface area contributed by atoms with Crippen molar-refractivity contribution >= 4 is 29.2 Å². The Morgan fingerprint density at radius 2 is 2.08 bits per heavy atom. The number of pyridine rings is 1. The maximum absolute atomic E-state index is 12.9. The van der Waals surface area contributed by atoms with E-state index in [0.717, 1.165) is 30.4 Å². The zero-order chi connectivity index (χ0) is 26.6. The van der Waals surface area contributed by atoms with Gasteiger partial charge in [-0.25, -0.2) is 4.98 Å². The SMILES string of the molecule is COc1cc([C@H](C)n2cc(C(=O)N[C@H]3C[C@@H](c4cc(Cl)ccc4C#N)C3)cn2)cnc1N1C[C@H]2C[C@H]2C1=O. The molecule has 2 amide bonds. The van der Waals surface area contributed by atoms with Crippen molar-refractivity contribution in [2.24, 2.45) is 11.8 Å². The second kappa shape index (κ2) is 9.44. The zero-order valence-corrected chi connectivity index (χ0v) is 21.9. The molecule has 1 aliphatic heterocycles. The van der Waals surface area contributed by atoms with Crippen molar-refractivity contribution in [3.8, 4) is 11.8 Å². The number of rotatable bonds is 7. The lowest BCUT2D eigenvalue weighted by molar-refractivity contribution is -0.118. The lowest BCUT2D eigenvalue weighted by Gasteiger charge is -2.36. The Labute approximate surface area is 225 Å². The lowest BCUT2D eigenvalue weighted by atomic mass is 9.74. The molecule has 0 bridgehead atoms. The fraction of sp³-hybridized carbons (Fsp3) is 0.393. The number of nitriles is 1. The molecule has 3 heterocycles. The van der Waals surface area contributed by atoms with Gasteiger partial charge in [0.2, 0.25) is 5.91 Å². The summed E-state index contributed by atoms with van der Waals surface area (Å²) in [4.78, 5) is 31.7. The van der Waals surface area contributed by atoms with E-state index >= 15 is 0 Å². The van der Waals surface area contributed by atoms with Gasteiger partial charge in [0.1, 0.15) is 0 Å². The number of benzene rings is 1. The van der Waals surface area contributed by atoms with Crippen LogP contribution in [0.4, 0.5) is 5.82 Å². The normalized spacial score (nSPS) is 24.3. The fourth-order valence-electron chi connectivity index (χ4n) is 5.55. The van der Waals surface area contributed by atoms with Gasteiger partial charge in [-0.3, -0.25) is 19.2 Å². The first-order valence-corrected chi connectivity index (χ1v) is 13.1. The van der Waals surface area contributed by atoms with Gasteiger partial charge in [0.15, 0.2) is 11.6 Å². The molecule has 0 spiro atoms. The minimum Gasteiger partial charge on any atom is -0.493 e. The standard InChI is InChI=1S/C28H27ClN6O3/c1-15(18-8-25(38-2)26(31-11-18)34-13-19-7-24(19)28(34)37)35-14-20(12-32-35)27(36)33-22-5-17(6-22)23-9-21(29)4-3-16(23)10-30/h3-4,8-9,11-12,14-15,17,19,22,24H,5-7,13H2,1-2H3,(H,33,36)/t15-,17-,19+,22+,24+/m0/s1. The molecule has 1 N–H and O–H groups in total. The summed E-state index contributed by atoms with van der Waals surface area (Å²) in [6.45, 7) is 2.66. The quantitative estimate of drug-likeness (QED) is 0.492. The van der Waals surface area contributed by atoms with E-state index in [0.29, 0.717) is 40.2 Å². The molecule has 194 valence electrons. The molecule has 9 nitrogen and oxygen atoms in total. The highest BCUT2D eigenvalue weighted by atomic mass is 35.5. The van der Waals surface area contributed by atoms with Crippen LogP contribution in [-0.2, 0) is 4.79 Å². The first kappa shape index (κ1) is 24.4. The van der Waals surface area contributed by atoms with Crippen LogP contribution in [0.15, 0.2) is 42.9 Å². The fourth-order valence-corrected chi connectivity index (χ4v) is 5.73. The van der Waals surface area contributed by atoms with Crippen molar-refractivity contribution < 1.29 is 14.3 Å². The van der Waals surface area contributed by atoms with Gasteiger partial charge in [0, 0.05) is 35.9 Å². The smallest absolute Gasteiger partial charge is 0.254 e. The monoisotopic (exact) mass is 530 g/mol. The molecule has 2 aliphatic carbocycles. The molecule has 0 radical (unpaired) electrons. The predicted molar refractivity (Wildman–Crippen MR) is 140 cm³/mol. The summed E-state index contributed by atoms with van der Waals surface area (Å²) in [5.41, 5.74) is 2.89. The zero-order valence-electron chi connectivity index (χ0n) is 21.1. The van der Waals surface area contributed by atoms with Gasteiger partial charge < -0.3 is 10.1 Å². The van der Waals surface area contributed by atoms with Crippen LogP contribution in [0.3, 0.4) is 0 Å². The minimum absolute atomic E-state index is 0.0270. The van der Waals surface area contributed by atoms with Gasteiger partial charge in [0.25, 0.3) is 5.91 Å². The third-order valence-electron chi connectivity index (χ3n) is 8.04. The van der Waals surface area contributed by atoms with Crippen molar-refractivity contribution in [3.63, 3.8) is 0 Å². The van der Waals surface area contributed by atoms with Gasteiger partial charge >= 0.3 is 0 Å². The van der Waals surface area contributed by atoms with Gasteiger partial charge in [-0.15, -0.1) is 0 Å². The van der Waals surface area contributed by atoms with Gasteiger partial charge in [-0.05, 0) is 73.4 Å². The van der Waals surface area contributed by atoms with E-state index in [2.05, 4.69) is 21.5 Å². The van der Waals surface area contributed by atoms with Crippen LogP contribution in [0.5, 0.6) is 5.75 Å². The van der Waals surface area contributed by atoms with Crippen LogP contribution < -0.4 is 15.0 Å². The summed E-state index contributed by atoms with van der Waals surface area (Å²) in [6, 6.07) is 9.24. The Bertz CT molecular complexity index is 1470. The van der Waals surface area contributed by atoms with Gasteiger partial charge in [0.05, 0.1) is 36.5 Å². The number of carbonyl (C=O) groups excluding carboxylic acids is 2. The number of methoxy groups -OCH3 is 1. The maximum atomic E-state index is 12.9. The van der Waals surface area contributed by atoms with Crippen molar-refractivity contribution in [3.05, 3.63) is 70.1 Å². The lowest BCUT2D eigenvalue weighted by Crippen LogP contribution is -2.43. The van der Waals surface area contributed by atoms with Crippen LogP contribution in [-0.4, -0.2) is 46.3 Å². The first-order chi connectivity index (χ1) is 18.4. The molecular weight excluding hydrogens is 504 g/mol. The number of aromatic nitrogens is 3. The number of amides is 2. The summed E-state index contributed by atoms with van der Waals surface area (Å²) in [5.74, 6) is 1.83. The third kappa shape index (κ3) is 4.29. The molecule has 1 aromatic carbocycles. The number of anilines is 1. The van der Waals surface area contributed by atoms with E-state index in [9.17, 15) is 14.9 Å². The molecule has 1 saturated heterocycles. The molecule has 10 heteroatoms. The van der Waals surface area contributed by atoms with E-state index in [4.69, 9.17) is 16.3 Å². The van der Waals surface area contributed by atoms with E-state index in [1.807, 2.05) is 19.1 Å². The highest BCUT2D eigenvalue weighted by molar-refractivity contribution is 6.30. The Morgan fingerprint density at radius 1 is 1.26 bits per heavy atom. The Balaban J connectivity index is 1.09. The third-order valence-corrected chi connectivity index (χ3v) is 8.28. The Hall–Kier alpha value is -3.90. The second-order valence-electron chi connectivity index (χ2n) is 10.4. The minimum atomic E-state index is -0.199. The number of carbonyl (C=O) groups is 2. The van der Waals surface area contributed by atoms with E-state index in [1.165, 1.54) is 0 Å². The molecule has 3 atom stereocenters. The first-order valence-electron chi connectivity index (χ1n) is 12.8. The average Bonchev–Trinajstić information content (AvgIpc) is 3.36. The molecule has 3 fully saturated rings. The number of fused-ring (bicyclic) bond motifs is 1. The highest BCUT2D eigenvalue weighted by Gasteiger charge is 2.53. The topological polar surface area (TPSA) is 113 Å². The van der Waals surface area contributed by atoms with Crippen molar-refractivity contribution in [2.75, 3.05) is 18.6 Å². The molecule has 0 unspecified atom stereocenters. The summed E-state index contributed by atoms with van der Waals surface area (Å²) >= 11 is 6.12.